The van der Waals surface area contributed by atoms with E-state index in [4.69, 9.17) is 4.74 Å². The Balaban J connectivity index is 1.64. The van der Waals surface area contributed by atoms with E-state index >= 15 is 0 Å². The van der Waals surface area contributed by atoms with E-state index < -0.39 is 0 Å². The zero-order valence-corrected chi connectivity index (χ0v) is 18.6. The number of para-hydroxylation sites is 2. The van der Waals surface area contributed by atoms with Crippen molar-refractivity contribution in [1.29, 1.82) is 0 Å². The number of aromatic nitrogens is 2. The standard InChI is InChI=1S/C23H26N4O3S/c1-3-27-14-13-17(26-27)21(28)25-23-20(15-9-5-8-12-19(15)31-23)22(29)24-16-10-6-7-11-18(16)30-4-2/h6-7,10-11,13-14H,3-5,8-9,12H2,1-2H3,(H,24,29)(H,25,28). The first-order chi connectivity index (χ1) is 15.1. The van der Waals surface area contributed by atoms with Gasteiger partial charge in [0.05, 0.1) is 17.9 Å². The SMILES string of the molecule is CCOc1ccccc1NC(=O)c1c(NC(=O)c2ccn(CC)n2)sc2c1CCCC2. The normalized spacial score (nSPS) is 12.8. The van der Waals surface area contributed by atoms with Gasteiger partial charge in [0, 0.05) is 17.6 Å². The van der Waals surface area contributed by atoms with Gasteiger partial charge < -0.3 is 15.4 Å². The van der Waals surface area contributed by atoms with Crippen LogP contribution in [0.1, 0.15) is 58.0 Å². The Labute approximate surface area is 185 Å². The van der Waals surface area contributed by atoms with Crippen molar-refractivity contribution in [3.05, 3.63) is 58.2 Å². The van der Waals surface area contributed by atoms with E-state index in [1.807, 2.05) is 38.1 Å². The molecule has 0 unspecified atom stereocenters. The second-order valence-corrected chi connectivity index (χ2v) is 8.41. The third-order valence-corrected chi connectivity index (χ3v) is 6.47. The minimum atomic E-state index is -0.311. The predicted molar refractivity (Wildman–Crippen MR) is 122 cm³/mol. The molecule has 3 aromatic rings. The van der Waals surface area contributed by atoms with Gasteiger partial charge >= 0.3 is 0 Å². The van der Waals surface area contributed by atoms with Gasteiger partial charge in [-0.15, -0.1) is 11.3 Å². The molecule has 162 valence electrons. The molecule has 2 amide bonds. The maximum Gasteiger partial charge on any atom is 0.276 e. The van der Waals surface area contributed by atoms with Crippen LogP contribution >= 0.6 is 11.3 Å². The third kappa shape index (κ3) is 4.49. The average molecular weight is 439 g/mol. The highest BCUT2D eigenvalue weighted by molar-refractivity contribution is 7.17. The summed E-state index contributed by atoms with van der Waals surface area (Å²) in [5, 5.41) is 10.8. The summed E-state index contributed by atoms with van der Waals surface area (Å²) in [5.74, 6) is 0.0774. The van der Waals surface area contributed by atoms with Gasteiger partial charge in [-0.2, -0.15) is 5.10 Å². The van der Waals surface area contributed by atoms with Crippen LogP contribution in [0.15, 0.2) is 36.5 Å². The third-order valence-electron chi connectivity index (χ3n) is 5.26. The van der Waals surface area contributed by atoms with E-state index in [1.165, 1.54) is 16.2 Å². The lowest BCUT2D eigenvalue weighted by Crippen LogP contribution is -2.19. The van der Waals surface area contributed by atoms with E-state index in [0.29, 0.717) is 40.8 Å². The maximum absolute atomic E-state index is 13.4. The van der Waals surface area contributed by atoms with Crippen molar-refractivity contribution in [2.75, 3.05) is 17.2 Å². The van der Waals surface area contributed by atoms with E-state index in [9.17, 15) is 9.59 Å². The Hall–Kier alpha value is -3.13. The fourth-order valence-corrected chi connectivity index (χ4v) is 5.04. The van der Waals surface area contributed by atoms with Gasteiger partial charge in [0.15, 0.2) is 5.69 Å². The highest BCUT2D eigenvalue weighted by atomic mass is 32.1. The summed E-state index contributed by atoms with van der Waals surface area (Å²) >= 11 is 1.49. The second kappa shape index (κ2) is 9.34. The number of rotatable bonds is 7. The van der Waals surface area contributed by atoms with E-state index in [2.05, 4.69) is 15.7 Å². The molecule has 2 aromatic heterocycles. The molecule has 1 aliphatic carbocycles. The number of amides is 2. The van der Waals surface area contributed by atoms with Crippen molar-refractivity contribution in [1.82, 2.24) is 9.78 Å². The quantitative estimate of drug-likeness (QED) is 0.558. The lowest BCUT2D eigenvalue weighted by Gasteiger charge is -2.15. The first-order valence-corrected chi connectivity index (χ1v) is 11.4. The summed E-state index contributed by atoms with van der Waals surface area (Å²) in [7, 11) is 0. The number of anilines is 2. The Morgan fingerprint density at radius 2 is 1.90 bits per heavy atom. The smallest absolute Gasteiger partial charge is 0.276 e. The number of carbonyl (C=O) groups excluding carboxylic acids is 2. The molecule has 0 bridgehead atoms. The number of fused-ring (bicyclic) bond motifs is 1. The van der Waals surface area contributed by atoms with E-state index in [-0.39, 0.29) is 11.8 Å². The number of hydrogen-bond donors (Lipinski definition) is 2. The van der Waals surface area contributed by atoms with Crippen LogP contribution in [0, 0.1) is 0 Å². The molecule has 0 aliphatic heterocycles. The Bertz CT molecular complexity index is 1100. The van der Waals surface area contributed by atoms with Crippen molar-refractivity contribution in [3.63, 3.8) is 0 Å². The average Bonchev–Trinajstić information content (AvgIpc) is 3.39. The van der Waals surface area contributed by atoms with Crippen molar-refractivity contribution >= 4 is 33.8 Å². The molecule has 0 saturated heterocycles. The van der Waals surface area contributed by atoms with Crippen LogP contribution in [-0.2, 0) is 19.4 Å². The molecule has 0 saturated carbocycles. The zero-order valence-electron chi connectivity index (χ0n) is 17.7. The van der Waals surface area contributed by atoms with Gasteiger partial charge in [0.2, 0.25) is 0 Å². The number of carbonyl (C=O) groups is 2. The largest absolute Gasteiger partial charge is 0.492 e. The highest BCUT2D eigenvalue weighted by Crippen LogP contribution is 2.39. The summed E-state index contributed by atoms with van der Waals surface area (Å²) in [6.07, 6.45) is 5.66. The molecule has 0 fully saturated rings. The van der Waals surface area contributed by atoms with Gasteiger partial charge in [-0.05, 0) is 63.3 Å². The zero-order chi connectivity index (χ0) is 21.8. The molecule has 0 radical (unpaired) electrons. The number of nitrogens with zero attached hydrogens (tertiary/aromatic N) is 2. The molecule has 1 aromatic carbocycles. The lowest BCUT2D eigenvalue weighted by molar-refractivity contribution is 0.102. The number of benzene rings is 1. The van der Waals surface area contributed by atoms with Gasteiger partial charge in [0.25, 0.3) is 11.8 Å². The van der Waals surface area contributed by atoms with Gasteiger partial charge in [-0.3, -0.25) is 14.3 Å². The summed E-state index contributed by atoms with van der Waals surface area (Å²) in [5.41, 5.74) is 2.54. The van der Waals surface area contributed by atoms with Crippen molar-refractivity contribution in [3.8, 4) is 5.75 Å². The summed E-state index contributed by atoms with van der Waals surface area (Å²) in [6, 6.07) is 9.05. The molecule has 1 aliphatic rings. The summed E-state index contributed by atoms with van der Waals surface area (Å²) < 4.78 is 7.34. The lowest BCUT2D eigenvalue weighted by atomic mass is 9.95. The van der Waals surface area contributed by atoms with Crippen molar-refractivity contribution in [2.45, 2.75) is 46.1 Å². The fourth-order valence-electron chi connectivity index (χ4n) is 3.76. The van der Waals surface area contributed by atoms with Crippen LogP contribution in [0.2, 0.25) is 0 Å². The molecule has 2 heterocycles. The first-order valence-electron chi connectivity index (χ1n) is 10.6. The Morgan fingerprint density at radius 1 is 1.10 bits per heavy atom. The minimum Gasteiger partial charge on any atom is -0.492 e. The van der Waals surface area contributed by atoms with Crippen LogP contribution in [0.25, 0.3) is 0 Å². The van der Waals surface area contributed by atoms with Gasteiger partial charge in [0.1, 0.15) is 10.8 Å². The van der Waals surface area contributed by atoms with Crippen LogP contribution in [0.5, 0.6) is 5.75 Å². The molecule has 0 atom stereocenters. The van der Waals surface area contributed by atoms with Crippen LogP contribution in [-0.4, -0.2) is 28.2 Å². The summed E-state index contributed by atoms with van der Waals surface area (Å²) in [6.45, 7) is 5.06. The Kier molecular flexibility index (Phi) is 6.36. The van der Waals surface area contributed by atoms with Crippen LogP contribution in [0.3, 0.4) is 0 Å². The molecule has 0 spiro atoms. The van der Waals surface area contributed by atoms with Crippen molar-refractivity contribution < 1.29 is 14.3 Å². The molecular weight excluding hydrogens is 412 g/mol. The predicted octanol–water partition coefficient (Wildman–Crippen LogP) is 4.75. The Morgan fingerprint density at radius 3 is 2.68 bits per heavy atom. The summed E-state index contributed by atoms with van der Waals surface area (Å²) in [4.78, 5) is 27.3. The van der Waals surface area contributed by atoms with Crippen LogP contribution < -0.4 is 15.4 Å². The first kappa shape index (κ1) is 21.1. The molecule has 8 heteroatoms. The van der Waals surface area contributed by atoms with Gasteiger partial charge in [-0.25, -0.2) is 0 Å². The topological polar surface area (TPSA) is 85.3 Å². The minimum absolute atomic E-state index is 0.235. The highest BCUT2D eigenvalue weighted by Gasteiger charge is 2.27. The van der Waals surface area contributed by atoms with E-state index in [1.54, 1.807) is 16.9 Å². The van der Waals surface area contributed by atoms with Gasteiger partial charge in [-0.1, -0.05) is 12.1 Å². The fraction of sp³-hybridized carbons (Fsp3) is 0.348. The second-order valence-electron chi connectivity index (χ2n) is 7.31. The number of thiophene rings is 1. The van der Waals surface area contributed by atoms with Crippen molar-refractivity contribution in [2.24, 2.45) is 0 Å². The maximum atomic E-state index is 13.4. The number of aryl methyl sites for hydroxylation is 2. The number of ether oxygens (including phenoxy) is 1. The van der Waals surface area contributed by atoms with Crippen LogP contribution in [0.4, 0.5) is 10.7 Å². The monoisotopic (exact) mass is 438 g/mol. The molecular formula is C23H26N4O3S. The molecule has 4 rings (SSSR count). The number of nitrogens with one attached hydrogen (secondary N) is 2. The molecule has 2 N–H and O–H groups in total. The molecule has 31 heavy (non-hydrogen) atoms. The molecule has 7 nitrogen and oxygen atoms in total. The number of hydrogen-bond acceptors (Lipinski definition) is 5. The van der Waals surface area contributed by atoms with E-state index in [0.717, 1.165) is 31.2 Å².